The summed E-state index contributed by atoms with van der Waals surface area (Å²) >= 11 is 1.67. The van der Waals surface area contributed by atoms with Gasteiger partial charge in [-0.25, -0.2) is 0 Å². The summed E-state index contributed by atoms with van der Waals surface area (Å²) in [7, 11) is 0. The number of fused-ring (bicyclic) bond motifs is 1. The van der Waals surface area contributed by atoms with Crippen LogP contribution in [0.5, 0.6) is 0 Å². The second-order valence-corrected chi connectivity index (χ2v) is 5.02. The molecule has 1 aliphatic heterocycles. The third-order valence-corrected chi connectivity index (χ3v) is 4.12. The van der Waals surface area contributed by atoms with Gasteiger partial charge in [-0.3, -0.25) is 0 Å². The van der Waals surface area contributed by atoms with Crippen LogP contribution in [0, 0.1) is 11.3 Å². The SMILES string of the molecule is N#Cc1cccc2c(C3=CCCNC3)csc12. The molecule has 0 saturated heterocycles. The molecule has 0 saturated carbocycles. The first-order valence-corrected chi connectivity index (χ1v) is 6.58. The molecule has 0 atom stereocenters. The van der Waals surface area contributed by atoms with Crippen LogP contribution in [-0.4, -0.2) is 13.1 Å². The lowest BCUT2D eigenvalue weighted by molar-refractivity contribution is 0.740. The molecule has 0 fully saturated rings. The van der Waals surface area contributed by atoms with Crippen molar-refractivity contribution in [3.8, 4) is 6.07 Å². The maximum absolute atomic E-state index is 9.08. The van der Waals surface area contributed by atoms with Crippen molar-refractivity contribution in [3.05, 3.63) is 40.8 Å². The average Bonchev–Trinajstić information content (AvgIpc) is 2.83. The molecule has 3 rings (SSSR count). The Bertz CT molecular complexity index is 631. The van der Waals surface area contributed by atoms with Crippen LogP contribution >= 0.6 is 11.3 Å². The molecule has 0 amide bonds. The van der Waals surface area contributed by atoms with Crippen molar-refractivity contribution in [1.82, 2.24) is 5.32 Å². The lowest BCUT2D eigenvalue weighted by atomic mass is 10.0. The van der Waals surface area contributed by atoms with Crippen molar-refractivity contribution in [2.45, 2.75) is 6.42 Å². The Morgan fingerprint density at radius 2 is 2.29 bits per heavy atom. The number of rotatable bonds is 1. The van der Waals surface area contributed by atoms with Gasteiger partial charge in [0.15, 0.2) is 0 Å². The van der Waals surface area contributed by atoms with Gasteiger partial charge >= 0.3 is 0 Å². The topological polar surface area (TPSA) is 35.8 Å². The summed E-state index contributed by atoms with van der Waals surface area (Å²) in [5.41, 5.74) is 3.43. The predicted molar refractivity (Wildman–Crippen MR) is 72.0 cm³/mol. The minimum Gasteiger partial charge on any atom is -0.312 e. The Hall–Kier alpha value is -1.63. The monoisotopic (exact) mass is 240 g/mol. The molecular formula is C14H12N2S. The molecule has 0 bridgehead atoms. The second-order valence-electron chi connectivity index (χ2n) is 4.14. The van der Waals surface area contributed by atoms with Crippen molar-refractivity contribution in [1.29, 1.82) is 5.26 Å². The zero-order valence-electron chi connectivity index (χ0n) is 9.36. The summed E-state index contributed by atoms with van der Waals surface area (Å²) in [5.74, 6) is 0. The highest BCUT2D eigenvalue weighted by Crippen LogP contribution is 2.33. The van der Waals surface area contributed by atoms with Crippen LogP contribution in [0.4, 0.5) is 0 Å². The maximum atomic E-state index is 9.08. The highest BCUT2D eigenvalue weighted by Gasteiger charge is 2.12. The Labute approximate surface area is 104 Å². The number of hydrogen-bond acceptors (Lipinski definition) is 3. The Morgan fingerprint density at radius 1 is 1.35 bits per heavy atom. The molecule has 0 spiro atoms. The highest BCUT2D eigenvalue weighted by molar-refractivity contribution is 7.17. The zero-order chi connectivity index (χ0) is 11.7. The summed E-state index contributed by atoms with van der Waals surface area (Å²) in [6.07, 6.45) is 3.39. The third-order valence-electron chi connectivity index (χ3n) is 3.09. The minimum atomic E-state index is 0.781. The van der Waals surface area contributed by atoms with Gasteiger partial charge in [0.2, 0.25) is 0 Å². The first kappa shape index (κ1) is 10.5. The second kappa shape index (κ2) is 4.33. The van der Waals surface area contributed by atoms with Crippen molar-refractivity contribution in [3.63, 3.8) is 0 Å². The molecule has 3 heteroatoms. The summed E-state index contributed by atoms with van der Waals surface area (Å²) in [6, 6.07) is 8.22. The van der Waals surface area contributed by atoms with Crippen molar-refractivity contribution < 1.29 is 0 Å². The summed E-state index contributed by atoms with van der Waals surface area (Å²) in [6.45, 7) is 2.00. The molecule has 17 heavy (non-hydrogen) atoms. The van der Waals surface area contributed by atoms with Crippen LogP contribution in [-0.2, 0) is 0 Å². The molecule has 0 radical (unpaired) electrons. The Morgan fingerprint density at radius 3 is 3.06 bits per heavy atom. The fourth-order valence-corrected chi connectivity index (χ4v) is 3.30. The maximum Gasteiger partial charge on any atom is 0.101 e. The molecule has 1 N–H and O–H groups in total. The predicted octanol–water partition coefficient (Wildman–Crippen LogP) is 3.15. The van der Waals surface area contributed by atoms with Gasteiger partial charge in [-0.15, -0.1) is 11.3 Å². The normalized spacial score (nSPS) is 15.6. The number of nitrogens with one attached hydrogen (secondary N) is 1. The van der Waals surface area contributed by atoms with E-state index in [4.69, 9.17) is 5.26 Å². The quantitative estimate of drug-likeness (QED) is 0.831. The minimum absolute atomic E-state index is 0.781. The van der Waals surface area contributed by atoms with Crippen LogP contribution in [0.1, 0.15) is 17.5 Å². The molecule has 0 unspecified atom stereocenters. The number of nitriles is 1. The van der Waals surface area contributed by atoms with E-state index in [1.807, 2.05) is 12.1 Å². The van der Waals surface area contributed by atoms with Gasteiger partial charge in [-0.2, -0.15) is 5.26 Å². The number of benzene rings is 1. The molecule has 1 aromatic heterocycles. The summed E-state index contributed by atoms with van der Waals surface area (Å²) < 4.78 is 1.11. The number of nitrogens with zero attached hydrogens (tertiary/aromatic N) is 1. The van der Waals surface area contributed by atoms with Crippen molar-refractivity contribution in [2.24, 2.45) is 0 Å². The van der Waals surface area contributed by atoms with E-state index in [1.54, 1.807) is 11.3 Å². The van der Waals surface area contributed by atoms with E-state index in [2.05, 4.69) is 28.9 Å². The third kappa shape index (κ3) is 1.76. The Kier molecular flexibility index (Phi) is 2.68. The molecule has 2 aromatic rings. The van der Waals surface area contributed by atoms with Crippen LogP contribution < -0.4 is 5.32 Å². The van der Waals surface area contributed by atoms with Crippen LogP contribution in [0.3, 0.4) is 0 Å². The average molecular weight is 240 g/mol. The van der Waals surface area contributed by atoms with Crippen LogP contribution in [0.25, 0.3) is 15.7 Å². The fraction of sp³-hybridized carbons (Fsp3) is 0.214. The summed E-state index contributed by atoms with van der Waals surface area (Å²) in [5, 5.41) is 15.9. The van der Waals surface area contributed by atoms with Gasteiger partial charge in [-0.1, -0.05) is 18.2 Å². The molecule has 2 heterocycles. The van der Waals surface area contributed by atoms with E-state index < -0.39 is 0 Å². The summed E-state index contributed by atoms with van der Waals surface area (Å²) in [4.78, 5) is 0. The lowest BCUT2D eigenvalue weighted by Crippen LogP contribution is -2.21. The van der Waals surface area contributed by atoms with Gasteiger partial charge in [0.25, 0.3) is 0 Å². The molecule has 84 valence electrons. The van der Waals surface area contributed by atoms with Crippen LogP contribution in [0.2, 0.25) is 0 Å². The van der Waals surface area contributed by atoms with Gasteiger partial charge in [0, 0.05) is 11.9 Å². The Balaban J connectivity index is 2.19. The van der Waals surface area contributed by atoms with Crippen molar-refractivity contribution in [2.75, 3.05) is 13.1 Å². The largest absolute Gasteiger partial charge is 0.312 e. The van der Waals surface area contributed by atoms with Gasteiger partial charge < -0.3 is 5.32 Å². The fourth-order valence-electron chi connectivity index (χ4n) is 2.24. The molecular weight excluding hydrogens is 228 g/mol. The first-order valence-electron chi connectivity index (χ1n) is 5.70. The van der Waals surface area contributed by atoms with E-state index in [-0.39, 0.29) is 0 Å². The first-order chi connectivity index (χ1) is 8.40. The van der Waals surface area contributed by atoms with Crippen molar-refractivity contribution >= 4 is 27.0 Å². The van der Waals surface area contributed by atoms with E-state index in [0.717, 1.165) is 29.8 Å². The zero-order valence-corrected chi connectivity index (χ0v) is 10.2. The molecule has 0 aliphatic carbocycles. The molecule has 1 aliphatic rings. The number of thiophene rings is 1. The molecule has 1 aromatic carbocycles. The van der Waals surface area contributed by atoms with E-state index in [1.165, 1.54) is 16.5 Å². The van der Waals surface area contributed by atoms with E-state index in [9.17, 15) is 0 Å². The lowest BCUT2D eigenvalue weighted by Gasteiger charge is -2.13. The smallest absolute Gasteiger partial charge is 0.101 e. The standard InChI is InChI=1S/C14H12N2S/c15-7-10-3-1-5-12-13(9-17-14(10)12)11-4-2-6-16-8-11/h1,3-5,9,16H,2,6,8H2. The van der Waals surface area contributed by atoms with E-state index >= 15 is 0 Å². The van der Waals surface area contributed by atoms with Gasteiger partial charge in [-0.05, 0) is 35.5 Å². The highest BCUT2D eigenvalue weighted by atomic mass is 32.1. The van der Waals surface area contributed by atoms with Gasteiger partial charge in [0.05, 0.1) is 10.3 Å². The van der Waals surface area contributed by atoms with E-state index in [0.29, 0.717) is 0 Å². The molecule has 2 nitrogen and oxygen atoms in total. The van der Waals surface area contributed by atoms with Gasteiger partial charge in [0.1, 0.15) is 6.07 Å². The number of hydrogen-bond donors (Lipinski definition) is 1. The van der Waals surface area contributed by atoms with Crippen LogP contribution in [0.15, 0.2) is 29.7 Å².